The van der Waals surface area contributed by atoms with Crippen LogP contribution in [0, 0.1) is 5.41 Å². The van der Waals surface area contributed by atoms with Crippen LogP contribution < -0.4 is 5.73 Å². The molecule has 3 aliphatic rings. The van der Waals surface area contributed by atoms with Crippen LogP contribution in [0.4, 0.5) is 0 Å². The standard InChI is InChI=1S/C12H19N3OS/c13-10(17)12(3-4-12)11(16)15-7-5-14(6-8-15)9-1-2-9/h9H,1-8H2,(H2,13,17). The fourth-order valence-electron chi connectivity index (χ4n) is 2.72. The molecule has 17 heavy (non-hydrogen) atoms. The third-order valence-corrected chi connectivity index (χ3v) is 4.69. The maximum absolute atomic E-state index is 12.4. The van der Waals surface area contributed by atoms with Gasteiger partial charge in [0.15, 0.2) is 0 Å². The van der Waals surface area contributed by atoms with E-state index in [0.29, 0.717) is 4.99 Å². The first-order valence-corrected chi connectivity index (χ1v) is 6.88. The summed E-state index contributed by atoms with van der Waals surface area (Å²) in [5.74, 6) is 0.181. The molecule has 0 bridgehead atoms. The molecule has 0 radical (unpaired) electrons. The normalized spacial score (nSPS) is 27.9. The van der Waals surface area contributed by atoms with Gasteiger partial charge in [0.05, 0.1) is 10.4 Å². The second-order valence-corrected chi connectivity index (χ2v) is 5.95. The minimum atomic E-state index is -0.461. The van der Waals surface area contributed by atoms with Crippen LogP contribution in [0.1, 0.15) is 25.7 Å². The van der Waals surface area contributed by atoms with E-state index in [4.69, 9.17) is 18.0 Å². The lowest BCUT2D eigenvalue weighted by Gasteiger charge is -2.36. The van der Waals surface area contributed by atoms with Crippen molar-refractivity contribution in [2.75, 3.05) is 26.2 Å². The van der Waals surface area contributed by atoms with Crippen molar-refractivity contribution < 1.29 is 4.79 Å². The van der Waals surface area contributed by atoms with Gasteiger partial charge in [-0.1, -0.05) is 12.2 Å². The van der Waals surface area contributed by atoms with Crippen LogP contribution in [-0.2, 0) is 4.79 Å². The Balaban J connectivity index is 1.59. The van der Waals surface area contributed by atoms with E-state index in [-0.39, 0.29) is 5.91 Å². The number of carbonyl (C=O) groups excluding carboxylic acids is 1. The van der Waals surface area contributed by atoms with Crippen molar-refractivity contribution >= 4 is 23.1 Å². The molecule has 0 atom stereocenters. The summed E-state index contributed by atoms with van der Waals surface area (Å²) in [6.45, 7) is 3.73. The van der Waals surface area contributed by atoms with E-state index in [1.54, 1.807) is 0 Å². The van der Waals surface area contributed by atoms with Gasteiger partial charge in [0.1, 0.15) is 0 Å². The van der Waals surface area contributed by atoms with Gasteiger partial charge in [0.2, 0.25) is 5.91 Å². The molecule has 0 aromatic rings. The number of nitrogens with two attached hydrogens (primary N) is 1. The molecule has 0 unspecified atom stereocenters. The lowest BCUT2D eigenvalue weighted by atomic mass is 10.1. The van der Waals surface area contributed by atoms with Crippen LogP contribution in [0.15, 0.2) is 0 Å². The first-order chi connectivity index (χ1) is 8.13. The maximum Gasteiger partial charge on any atom is 0.235 e. The fourth-order valence-corrected chi connectivity index (χ4v) is 3.01. The molecule has 2 N–H and O–H groups in total. The Bertz CT molecular complexity index is 355. The summed E-state index contributed by atoms with van der Waals surface area (Å²) in [5, 5.41) is 0. The largest absolute Gasteiger partial charge is 0.392 e. The summed E-state index contributed by atoms with van der Waals surface area (Å²) in [6.07, 6.45) is 4.38. The molecule has 4 nitrogen and oxygen atoms in total. The zero-order valence-electron chi connectivity index (χ0n) is 10.0. The predicted octanol–water partition coefficient (Wildman–Crippen LogP) is 0.359. The second kappa shape index (κ2) is 3.92. The predicted molar refractivity (Wildman–Crippen MR) is 69.6 cm³/mol. The van der Waals surface area contributed by atoms with E-state index >= 15 is 0 Å². The van der Waals surface area contributed by atoms with Crippen LogP contribution in [0.25, 0.3) is 0 Å². The van der Waals surface area contributed by atoms with Gasteiger partial charge >= 0.3 is 0 Å². The third kappa shape index (κ3) is 1.95. The molecular formula is C12H19N3OS. The number of hydrogen-bond donors (Lipinski definition) is 1. The Morgan fingerprint density at radius 3 is 2.18 bits per heavy atom. The van der Waals surface area contributed by atoms with E-state index < -0.39 is 5.41 Å². The number of carbonyl (C=O) groups is 1. The Morgan fingerprint density at radius 2 is 1.76 bits per heavy atom. The van der Waals surface area contributed by atoms with Crippen molar-refractivity contribution in [2.24, 2.45) is 11.1 Å². The summed E-state index contributed by atoms with van der Waals surface area (Å²) in [7, 11) is 0. The van der Waals surface area contributed by atoms with E-state index in [1.165, 1.54) is 12.8 Å². The minimum absolute atomic E-state index is 0.181. The highest BCUT2D eigenvalue weighted by Gasteiger charge is 2.54. The Morgan fingerprint density at radius 1 is 1.18 bits per heavy atom. The quantitative estimate of drug-likeness (QED) is 0.738. The first kappa shape index (κ1) is 11.4. The number of nitrogens with zero attached hydrogens (tertiary/aromatic N) is 2. The van der Waals surface area contributed by atoms with Crippen molar-refractivity contribution in [3.8, 4) is 0 Å². The molecule has 5 heteroatoms. The number of rotatable bonds is 3. The fraction of sp³-hybridized carbons (Fsp3) is 0.833. The van der Waals surface area contributed by atoms with Crippen molar-refractivity contribution in [3.63, 3.8) is 0 Å². The van der Waals surface area contributed by atoms with E-state index in [1.807, 2.05) is 4.90 Å². The van der Waals surface area contributed by atoms with Gasteiger partial charge in [-0.25, -0.2) is 0 Å². The molecule has 0 aromatic heterocycles. The lowest BCUT2D eigenvalue weighted by molar-refractivity contribution is -0.136. The van der Waals surface area contributed by atoms with Gasteiger partial charge in [-0.2, -0.15) is 0 Å². The molecule has 1 aliphatic heterocycles. The summed E-state index contributed by atoms with van der Waals surface area (Å²) < 4.78 is 0. The lowest BCUT2D eigenvalue weighted by Crippen LogP contribution is -2.52. The minimum Gasteiger partial charge on any atom is -0.392 e. The second-order valence-electron chi connectivity index (χ2n) is 5.51. The summed E-state index contributed by atoms with van der Waals surface area (Å²) in [6, 6.07) is 0.803. The Kier molecular flexibility index (Phi) is 2.63. The van der Waals surface area contributed by atoms with Gasteiger partial charge in [0, 0.05) is 32.2 Å². The highest BCUT2D eigenvalue weighted by Crippen LogP contribution is 2.47. The van der Waals surface area contributed by atoms with Gasteiger partial charge in [-0.15, -0.1) is 0 Å². The number of piperazine rings is 1. The van der Waals surface area contributed by atoms with E-state index in [0.717, 1.165) is 45.1 Å². The van der Waals surface area contributed by atoms with Gasteiger partial charge in [-0.3, -0.25) is 9.69 Å². The first-order valence-electron chi connectivity index (χ1n) is 6.47. The number of hydrogen-bond acceptors (Lipinski definition) is 3. The van der Waals surface area contributed by atoms with Crippen molar-refractivity contribution in [1.82, 2.24) is 9.80 Å². The molecular weight excluding hydrogens is 234 g/mol. The topological polar surface area (TPSA) is 49.6 Å². The molecule has 1 saturated heterocycles. The molecule has 1 heterocycles. The smallest absolute Gasteiger partial charge is 0.235 e. The molecule has 2 saturated carbocycles. The highest BCUT2D eigenvalue weighted by molar-refractivity contribution is 7.80. The van der Waals surface area contributed by atoms with Crippen molar-refractivity contribution in [2.45, 2.75) is 31.7 Å². The number of thiocarbonyl (C=S) groups is 1. The van der Waals surface area contributed by atoms with E-state index in [2.05, 4.69) is 4.90 Å². The average molecular weight is 253 g/mol. The van der Waals surface area contributed by atoms with Crippen LogP contribution in [-0.4, -0.2) is 52.9 Å². The molecule has 94 valence electrons. The van der Waals surface area contributed by atoms with Crippen molar-refractivity contribution in [1.29, 1.82) is 0 Å². The zero-order chi connectivity index (χ0) is 12.0. The van der Waals surface area contributed by atoms with Gasteiger partial charge < -0.3 is 10.6 Å². The highest BCUT2D eigenvalue weighted by atomic mass is 32.1. The monoisotopic (exact) mass is 253 g/mol. The van der Waals surface area contributed by atoms with E-state index in [9.17, 15) is 4.79 Å². The number of amides is 1. The third-order valence-electron chi connectivity index (χ3n) is 4.30. The summed E-state index contributed by atoms with van der Waals surface area (Å²) >= 11 is 5.03. The van der Waals surface area contributed by atoms with Crippen molar-refractivity contribution in [3.05, 3.63) is 0 Å². The van der Waals surface area contributed by atoms with Crippen LogP contribution in [0.3, 0.4) is 0 Å². The molecule has 0 aromatic carbocycles. The van der Waals surface area contributed by atoms with Gasteiger partial charge in [0.25, 0.3) is 0 Å². The maximum atomic E-state index is 12.4. The van der Waals surface area contributed by atoms with Crippen LogP contribution in [0.2, 0.25) is 0 Å². The molecule has 1 amide bonds. The SMILES string of the molecule is NC(=S)C1(C(=O)N2CCN(C3CC3)CC2)CC1. The Labute approximate surface area is 107 Å². The zero-order valence-corrected chi connectivity index (χ0v) is 10.8. The van der Waals surface area contributed by atoms with Crippen LogP contribution in [0.5, 0.6) is 0 Å². The van der Waals surface area contributed by atoms with Crippen LogP contribution >= 0.6 is 12.2 Å². The summed E-state index contributed by atoms with van der Waals surface area (Å²) in [5.41, 5.74) is 5.24. The molecule has 3 fully saturated rings. The molecule has 2 aliphatic carbocycles. The molecule has 3 rings (SSSR count). The average Bonchev–Trinajstić information content (AvgIpc) is 3.18. The summed E-state index contributed by atoms with van der Waals surface area (Å²) in [4.78, 5) is 17.2. The molecule has 0 spiro atoms. The van der Waals surface area contributed by atoms with Gasteiger partial charge in [-0.05, 0) is 25.7 Å². The Hall–Kier alpha value is -0.680.